The summed E-state index contributed by atoms with van der Waals surface area (Å²) in [5.74, 6) is 0.436. The number of aromatic nitrogens is 4. The quantitative estimate of drug-likeness (QED) is 0.471. The van der Waals surface area contributed by atoms with Crippen LogP contribution in [0.4, 0.5) is 5.69 Å². The predicted molar refractivity (Wildman–Crippen MR) is 112 cm³/mol. The van der Waals surface area contributed by atoms with Crippen LogP contribution in [-0.4, -0.2) is 31.9 Å². The van der Waals surface area contributed by atoms with Crippen molar-refractivity contribution in [2.75, 3.05) is 11.1 Å². The second kappa shape index (κ2) is 8.41. The van der Waals surface area contributed by atoms with Gasteiger partial charge in [0.1, 0.15) is 0 Å². The number of tetrazole rings is 1. The van der Waals surface area contributed by atoms with E-state index in [2.05, 4.69) is 33.0 Å². The summed E-state index contributed by atoms with van der Waals surface area (Å²) in [6, 6.07) is 21.2. The zero-order valence-corrected chi connectivity index (χ0v) is 16.3. The van der Waals surface area contributed by atoms with E-state index in [1.165, 1.54) is 11.8 Å². The molecule has 28 heavy (non-hydrogen) atoms. The Morgan fingerprint density at radius 3 is 2.71 bits per heavy atom. The van der Waals surface area contributed by atoms with Crippen LogP contribution in [-0.2, 0) is 4.79 Å². The molecule has 0 saturated carbocycles. The molecule has 0 spiro atoms. The molecular weight excluding hydrogens is 394 g/mol. The Balaban J connectivity index is 1.44. The van der Waals surface area contributed by atoms with Crippen LogP contribution < -0.4 is 5.32 Å². The fraction of sp³-hybridized carbons (Fsp3) is 0.100. The number of benzene rings is 3. The van der Waals surface area contributed by atoms with E-state index in [4.69, 9.17) is 11.6 Å². The fourth-order valence-corrected chi connectivity index (χ4v) is 3.83. The third kappa shape index (κ3) is 4.00. The summed E-state index contributed by atoms with van der Waals surface area (Å²) in [6.45, 7) is 0. The Morgan fingerprint density at radius 2 is 1.82 bits per heavy atom. The Morgan fingerprint density at radius 1 is 1.04 bits per heavy atom. The van der Waals surface area contributed by atoms with E-state index in [0.717, 1.165) is 16.5 Å². The first-order valence-electron chi connectivity index (χ1n) is 8.66. The van der Waals surface area contributed by atoms with Crippen molar-refractivity contribution >= 4 is 45.7 Å². The van der Waals surface area contributed by atoms with Crippen molar-refractivity contribution in [1.29, 1.82) is 0 Å². The molecule has 140 valence electrons. The van der Waals surface area contributed by atoms with Crippen LogP contribution in [0.15, 0.2) is 71.9 Å². The van der Waals surface area contributed by atoms with Gasteiger partial charge in [0.15, 0.2) is 0 Å². The second-order valence-electron chi connectivity index (χ2n) is 6.00. The van der Waals surface area contributed by atoms with Crippen LogP contribution >= 0.6 is 23.4 Å². The molecule has 1 amide bonds. The number of nitrogens with one attached hydrogen (secondary N) is 1. The average molecular weight is 410 g/mol. The molecule has 0 aliphatic rings. The molecule has 4 aromatic rings. The lowest BCUT2D eigenvalue weighted by Crippen LogP contribution is -2.12. The lowest BCUT2D eigenvalue weighted by molar-refractivity contribution is -0.115. The molecule has 0 unspecified atom stereocenters. The summed E-state index contributed by atoms with van der Waals surface area (Å²) in [6.07, 6.45) is 0.318. The highest BCUT2D eigenvalue weighted by Crippen LogP contribution is 2.26. The number of rotatable bonds is 6. The number of hydrogen-bond donors (Lipinski definition) is 1. The predicted octanol–water partition coefficient (Wildman–Crippen LogP) is 4.59. The molecule has 6 nitrogen and oxygen atoms in total. The Hall–Kier alpha value is -2.90. The first-order valence-corrected chi connectivity index (χ1v) is 10.0. The standard InChI is InChI=1S/C20H16ClN5OS/c21-16-9-3-4-10-17(16)22-19(27)12-13-28-20-23-24-25-26(20)18-11-5-7-14-6-1-2-8-15(14)18/h1-11H,12-13H2,(H,22,27). The average Bonchev–Trinajstić information content (AvgIpc) is 3.17. The second-order valence-corrected chi connectivity index (χ2v) is 7.47. The number of halogens is 1. The summed E-state index contributed by atoms with van der Waals surface area (Å²) in [5, 5.41) is 18.2. The molecule has 1 heterocycles. The minimum Gasteiger partial charge on any atom is -0.325 e. The number of nitrogens with zero attached hydrogens (tertiary/aromatic N) is 4. The van der Waals surface area contributed by atoms with E-state index < -0.39 is 0 Å². The summed E-state index contributed by atoms with van der Waals surface area (Å²) >= 11 is 7.50. The van der Waals surface area contributed by atoms with Gasteiger partial charge in [-0.05, 0) is 34.0 Å². The maximum Gasteiger partial charge on any atom is 0.225 e. The highest BCUT2D eigenvalue weighted by atomic mass is 35.5. The molecule has 0 radical (unpaired) electrons. The van der Waals surface area contributed by atoms with E-state index in [0.29, 0.717) is 28.0 Å². The first kappa shape index (κ1) is 18.5. The van der Waals surface area contributed by atoms with Crippen molar-refractivity contribution < 1.29 is 4.79 Å². The van der Waals surface area contributed by atoms with Gasteiger partial charge in [0.25, 0.3) is 0 Å². The monoisotopic (exact) mass is 409 g/mol. The number of para-hydroxylation sites is 1. The molecule has 0 aliphatic carbocycles. The van der Waals surface area contributed by atoms with Crippen LogP contribution in [0.25, 0.3) is 16.5 Å². The van der Waals surface area contributed by atoms with Crippen molar-refractivity contribution in [3.05, 3.63) is 71.8 Å². The molecule has 0 bridgehead atoms. The number of carbonyl (C=O) groups excluding carboxylic acids is 1. The van der Waals surface area contributed by atoms with Crippen LogP contribution in [0.2, 0.25) is 5.02 Å². The molecule has 1 N–H and O–H groups in total. The first-order chi connectivity index (χ1) is 13.7. The molecule has 0 atom stereocenters. The lowest BCUT2D eigenvalue weighted by Gasteiger charge is -2.08. The van der Waals surface area contributed by atoms with E-state index in [9.17, 15) is 4.79 Å². The van der Waals surface area contributed by atoms with Gasteiger partial charge in [-0.3, -0.25) is 4.79 Å². The summed E-state index contributed by atoms with van der Waals surface area (Å²) in [4.78, 5) is 12.2. The summed E-state index contributed by atoms with van der Waals surface area (Å²) in [7, 11) is 0. The number of carbonyl (C=O) groups is 1. The van der Waals surface area contributed by atoms with Crippen LogP contribution in [0.3, 0.4) is 0 Å². The SMILES string of the molecule is O=C(CCSc1nnnn1-c1cccc2ccccc12)Nc1ccccc1Cl. The van der Waals surface area contributed by atoms with Gasteiger partial charge in [-0.15, -0.1) is 5.10 Å². The summed E-state index contributed by atoms with van der Waals surface area (Å²) < 4.78 is 1.71. The normalized spacial score (nSPS) is 10.9. The number of thioether (sulfide) groups is 1. The van der Waals surface area contributed by atoms with Crippen molar-refractivity contribution in [1.82, 2.24) is 20.2 Å². The molecule has 1 aromatic heterocycles. The van der Waals surface area contributed by atoms with Gasteiger partial charge in [0, 0.05) is 17.6 Å². The minimum absolute atomic E-state index is 0.107. The third-order valence-electron chi connectivity index (χ3n) is 4.14. The van der Waals surface area contributed by atoms with E-state index in [-0.39, 0.29) is 5.91 Å². The highest BCUT2D eigenvalue weighted by Gasteiger charge is 2.13. The van der Waals surface area contributed by atoms with Crippen LogP contribution in [0, 0.1) is 0 Å². The smallest absolute Gasteiger partial charge is 0.225 e. The van der Waals surface area contributed by atoms with Crippen molar-refractivity contribution in [3.8, 4) is 5.69 Å². The molecule has 0 saturated heterocycles. The van der Waals surface area contributed by atoms with Gasteiger partial charge in [-0.25, -0.2) is 0 Å². The van der Waals surface area contributed by atoms with Gasteiger partial charge >= 0.3 is 0 Å². The number of fused-ring (bicyclic) bond motifs is 1. The fourth-order valence-electron chi connectivity index (χ4n) is 2.82. The molecular formula is C20H16ClN5OS. The van der Waals surface area contributed by atoms with Gasteiger partial charge < -0.3 is 5.32 Å². The number of anilines is 1. The van der Waals surface area contributed by atoms with Crippen molar-refractivity contribution in [3.63, 3.8) is 0 Å². The van der Waals surface area contributed by atoms with Gasteiger partial charge in [0.2, 0.25) is 11.1 Å². The molecule has 4 rings (SSSR count). The minimum atomic E-state index is -0.107. The van der Waals surface area contributed by atoms with Crippen molar-refractivity contribution in [2.24, 2.45) is 0 Å². The van der Waals surface area contributed by atoms with Gasteiger partial charge in [-0.1, -0.05) is 71.9 Å². The van der Waals surface area contributed by atoms with Crippen molar-refractivity contribution in [2.45, 2.75) is 11.6 Å². The van der Waals surface area contributed by atoms with E-state index in [1.54, 1.807) is 16.8 Å². The Bertz CT molecular complexity index is 1130. The van der Waals surface area contributed by atoms with Crippen LogP contribution in [0.1, 0.15) is 6.42 Å². The van der Waals surface area contributed by atoms with Crippen LogP contribution in [0.5, 0.6) is 0 Å². The Kier molecular flexibility index (Phi) is 5.55. The maximum atomic E-state index is 12.2. The largest absolute Gasteiger partial charge is 0.325 e. The van der Waals surface area contributed by atoms with Gasteiger partial charge in [-0.2, -0.15) is 4.68 Å². The zero-order valence-electron chi connectivity index (χ0n) is 14.7. The number of hydrogen-bond acceptors (Lipinski definition) is 5. The highest BCUT2D eigenvalue weighted by molar-refractivity contribution is 7.99. The molecule has 3 aromatic carbocycles. The summed E-state index contributed by atoms with van der Waals surface area (Å²) in [5.41, 5.74) is 1.52. The van der Waals surface area contributed by atoms with E-state index >= 15 is 0 Å². The Labute approximate surface area is 170 Å². The maximum absolute atomic E-state index is 12.2. The molecule has 8 heteroatoms. The zero-order chi connectivity index (χ0) is 19.3. The molecule has 0 fully saturated rings. The number of amides is 1. The van der Waals surface area contributed by atoms with E-state index in [1.807, 2.05) is 42.5 Å². The lowest BCUT2D eigenvalue weighted by atomic mass is 10.1. The van der Waals surface area contributed by atoms with Gasteiger partial charge in [0.05, 0.1) is 16.4 Å². The molecule has 0 aliphatic heterocycles. The topological polar surface area (TPSA) is 72.7 Å². The third-order valence-corrected chi connectivity index (χ3v) is 5.39.